The Morgan fingerprint density at radius 3 is 2.53 bits per heavy atom. The fourth-order valence-corrected chi connectivity index (χ4v) is 1.20. The second-order valence-electron chi connectivity index (χ2n) is 3.23. The molecule has 82 valence electrons. The lowest BCUT2D eigenvalue weighted by Gasteiger charge is -2.05. The van der Waals surface area contributed by atoms with Gasteiger partial charge in [-0.05, 0) is 24.6 Å². The van der Waals surface area contributed by atoms with Gasteiger partial charge in [-0.25, -0.2) is 0 Å². The molecule has 0 radical (unpaired) electrons. The molecule has 0 atom stereocenters. The van der Waals surface area contributed by atoms with E-state index in [0.717, 1.165) is 11.3 Å². The zero-order valence-corrected chi connectivity index (χ0v) is 8.68. The summed E-state index contributed by atoms with van der Waals surface area (Å²) in [6.07, 6.45) is 0.622. The van der Waals surface area contributed by atoms with E-state index in [1.54, 1.807) is 6.92 Å². The van der Waals surface area contributed by atoms with Crippen LogP contribution in [0.1, 0.15) is 12.5 Å². The Morgan fingerprint density at radius 2 is 2.00 bits per heavy atom. The van der Waals surface area contributed by atoms with Gasteiger partial charge in [0.1, 0.15) is 12.4 Å². The van der Waals surface area contributed by atoms with Crippen LogP contribution < -0.4 is 4.74 Å². The molecule has 2 N–H and O–H groups in total. The molecule has 4 nitrogen and oxygen atoms in total. The van der Waals surface area contributed by atoms with E-state index in [0.29, 0.717) is 18.7 Å². The van der Waals surface area contributed by atoms with Gasteiger partial charge in [0.2, 0.25) is 0 Å². The number of aliphatic hydroxyl groups excluding tert-OH is 1. The van der Waals surface area contributed by atoms with Crippen molar-refractivity contribution in [1.29, 1.82) is 0 Å². The Kier molecular flexibility index (Phi) is 4.63. The van der Waals surface area contributed by atoms with Gasteiger partial charge >= 0.3 is 0 Å². The van der Waals surface area contributed by atoms with Gasteiger partial charge in [0.25, 0.3) is 0 Å². The molecule has 1 aromatic rings. The highest BCUT2D eigenvalue weighted by Gasteiger charge is 1.97. The van der Waals surface area contributed by atoms with Crippen molar-refractivity contribution in [2.45, 2.75) is 13.3 Å². The molecule has 1 aromatic carbocycles. The topological polar surface area (TPSA) is 62.0 Å². The number of benzene rings is 1. The van der Waals surface area contributed by atoms with Gasteiger partial charge in [0, 0.05) is 6.42 Å². The maximum absolute atomic E-state index is 8.56. The molecule has 0 amide bonds. The summed E-state index contributed by atoms with van der Waals surface area (Å²) in [6, 6.07) is 7.47. The molecule has 0 saturated heterocycles. The average molecular weight is 209 g/mol. The summed E-state index contributed by atoms with van der Waals surface area (Å²) in [7, 11) is 0. The van der Waals surface area contributed by atoms with E-state index < -0.39 is 0 Å². The number of hydrogen-bond donors (Lipinski definition) is 2. The van der Waals surface area contributed by atoms with Gasteiger partial charge in [0.15, 0.2) is 0 Å². The van der Waals surface area contributed by atoms with E-state index in [1.807, 2.05) is 24.3 Å². The Labute approximate surface area is 88.8 Å². The van der Waals surface area contributed by atoms with Crippen LogP contribution in [0.5, 0.6) is 5.75 Å². The molecule has 0 unspecified atom stereocenters. The molecule has 0 aliphatic carbocycles. The smallest absolute Gasteiger partial charge is 0.119 e. The summed E-state index contributed by atoms with van der Waals surface area (Å²) in [6.45, 7) is 2.07. The highest BCUT2D eigenvalue weighted by Crippen LogP contribution is 2.12. The summed E-state index contributed by atoms with van der Waals surface area (Å²) in [5.41, 5.74) is 1.72. The van der Waals surface area contributed by atoms with Crippen molar-refractivity contribution in [3.8, 4) is 5.75 Å². The molecule has 0 aromatic heterocycles. The minimum absolute atomic E-state index is 0.0119. The summed E-state index contributed by atoms with van der Waals surface area (Å²) in [5, 5.41) is 20.2. The summed E-state index contributed by atoms with van der Waals surface area (Å²) in [5.74, 6) is 0.728. The normalized spacial score (nSPS) is 11.5. The lowest BCUT2D eigenvalue weighted by Crippen LogP contribution is -2.02. The first-order valence-corrected chi connectivity index (χ1v) is 4.76. The van der Waals surface area contributed by atoms with Crippen LogP contribution in [0.2, 0.25) is 0 Å². The number of rotatable bonds is 5. The zero-order chi connectivity index (χ0) is 11.1. The molecule has 1 rings (SSSR count). The Bertz CT molecular complexity index is 319. The van der Waals surface area contributed by atoms with Crippen molar-refractivity contribution < 1.29 is 15.1 Å². The van der Waals surface area contributed by atoms with Crippen molar-refractivity contribution in [3.63, 3.8) is 0 Å². The molecule has 15 heavy (non-hydrogen) atoms. The van der Waals surface area contributed by atoms with Gasteiger partial charge in [-0.15, -0.1) is 0 Å². The predicted molar refractivity (Wildman–Crippen MR) is 57.6 cm³/mol. The van der Waals surface area contributed by atoms with Crippen LogP contribution >= 0.6 is 0 Å². The van der Waals surface area contributed by atoms with Crippen LogP contribution in [0.15, 0.2) is 29.4 Å². The molecule has 0 heterocycles. The van der Waals surface area contributed by atoms with Crippen LogP contribution in [0, 0.1) is 0 Å². The first-order valence-electron chi connectivity index (χ1n) is 4.76. The Hall–Kier alpha value is -1.55. The van der Waals surface area contributed by atoms with Gasteiger partial charge in [0.05, 0.1) is 12.3 Å². The molecule has 4 heteroatoms. The third-order valence-corrected chi connectivity index (χ3v) is 1.91. The third kappa shape index (κ3) is 3.99. The fraction of sp³-hybridized carbons (Fsp3) is 0.364. The average Bonchev–Trinajstić information content (AvgIpc) is 2.28. The largest absolute Gasteiger partial charge is 0.491 e. The van der Waals surface area contributed by atoms with Crippen molar-refractivity contribution in [3.05, 3.63) is 29.8 Å². The maximum atomic E-state index is 8.56. The fourth-order valence-electron chi connectivity index (χ4n) is 1.20. The third-order valence-electron chi connectivity index (χ3n) is 1.91. The second kappa shape index (κ2) is 6.03. The highest BCUT2D eigenvalue weighted by molar-refractivity contribution is 5.83. The van der Waals surface area contributed by atoms with Crippen LogP contribution in [0.25, 0.3) is 0 Å². The SMILES string of the molecule is C/C(Cc1ccc(OCCO)cc1)=N/O. The number of nitrogens with zero attached hydrogens (tertiary/aromatic N) is 1. The van der Waals surface area contributed by atoms with E-state index in [9.17, 15) is 0 Å². The van der Waals surface area contributed by atoms with Crippen LogP contribution in [-0.2, 0) is 6.42 Å². The predicted octanol–water partition coefficient (Wildman–Crippen LogP) is 1.45. The number of ether oxygens (including phenoxy) is 1. The van der Waals surface area contributed by atoms with E-state index in [4.69, 9.17) is 15.1 Å². The van der Waals surface area contributed by atoms with Gasteiger partial charge in [-0.3, -0.25) is 0 Å². The van der Waals surface area contributed by atoms with Gasteiger partial charge in [-0.1, -0.05) is 17.3 Å². The molecular weight excluding hydrogens is 194 g/mol. The van der Waals surface area contributed by atoms with Gasteiger partial charge in [-0.2, -0.15) is 0 Å². The maximum Gasteiger partial charge on any atom is 0.119 e. The lowest BCUT2D eigenvalue weighted by molar-refractivity contribution is 0.201. The minimum atomic E-state index is 0.0119. The quantitative estimate of drug-likeness (QED) is 0.438. The monoisotopic (exact) mass is 209 g/mol. The minimum Gasteiger partial charge on any atom is -0.491 e. The summed E-state index contributed by atoms with van der Waals surface area (Å²) < 4.78 is 5.21. The van der Waals surface area contributed by atoms with E-state index in [-0.39, 0.29) is 6.61 Å². The van der Waals surface area contributed by atoms with Gasteiger partial charge < -0.3 is 15.1 Å². The van der Waals surface area contributed by atoms with Crippen molar-refractivity contribution in [2.75, 3.05) is 13.2 Å². The van der Waals surface area contributed by atoms with E-state index >= 15 is 0 Å². The van der Waals surface area contributed by atoms with E-state index in [2.05, 4.69) is 5.16 Å². The first-order chi connectivity index (χ1) is 7.26. The van der Waals surface area contributed by atoms with E-state index in [1.165, 1.54) is 0 Å². The first kappa shape index (κ1) is 11.5. The molecule has 0 aliphatic heterocycles. The molecule has 0 aliphatic rings. The number of oxime groups is 1. The summed E-state index contributed by atoms with van der Waals surface area (Å²) >= 11 is 0. The molecule has 0 fully saturated rings. The Balaban J connectivity index is 2.56. The molecule has 0 bridgehead atoms. The molecule has 0 saturated carbocycles. The number of hydrogen-bond acceptors (Lipinski definition) is 4. The molecular formula is C11H15NO3. The number of aliphatic hydroxyl groups is 1. The molecule has 0 spiro atoms. The van der Waals surface area contributed by atoms with Crippen LogP contribution in [-0.4, -0.2) is 29.2 Å². The Morgan fingerprint density at radius 1 is 1.33 bits per heavy atom. The second-order valence-corrected chi connectivity index (χ2v) is 3.23. The lowest BCUT2D eigenvalue weighted by atomic mass is 10.1. The standard InChI is InChI=1S/C11H15NO3/c1-9(12-14)8-10-2-4-11(5-3-10)15-7-6-13/h2-5,13-14H,6-8H2,1H3/b12-9-. The highest BCUT2D eigenvalue weighted by atomic mass is 16.5. The zero-order valence-electron chi connectivity index (χ0n) is 8.68. The van der Waals surface area contributed by atoms with Crippen molar-refractivity contribution in [2.24, 2.45) is 5.16 Å². The summed E-state index contributed by atoms with van der Waals surface area (Å²) in [4.78, 5) is 0. The van der Waals surface area contributed by atoms with Crippen molar-refractivity contribution in [1.82, 2.24) is 0 Å². The van der Waals surface area contributed by atoms with Crippen molar-refractivity contribution >= 4 is 5.71 Å². The van der Waals surface area contributed by atoms with Crippen LogP contribution in [0.4, 0.5) is 0 Å². The van der Waals surface area contributed by atoms with Crippen LogP contribution in [0.3, 0.4) is 0 Å².